The molecule has 9 nitrogen and oxygen atoms in total. The Kier molecular flexibility index (Phi) is 5.02. The fourth-order valence-electron chi connectivity index (χ4n) is 2.29. The largest absolute Gasteiger partial charge is 0.493 e. The molecule has 0 radical (unpaired) electrons. The van der Waals surface area contributed by atoms with Crippen LogP contribution in [-0.2, 0) is 9.59 Å². The second-order valence-electron chi connectivity index (χ2n) is 5.09. The maximum absolute atomic E-state index is 12.4. The number of methoxy groups -OCH3 is 2. The number of nitro groups is 1. The van der Waals surface area contributed by atoms with E-state index in [0.29, 0.717) is 0 Å². The van der Waals surface area contributed by atoms with Crippen molar-refractivity contribution in [2.45, 2.75) is 0 Å². The van der Waals surface area contributed by atoms with Gasteiger partial charge in [0.05, 0.1) is 30.8 Å². The van der Waals surface area contributed by atoms with E-state index in [9.17, 15) is 19.7 Å². The van der Waals surface area contributed by atoms with Gasteiger partial charge in [-0.3, -0.25) is 29.5 Å². The van der Waals surface area contributed by atoms with Crippen LogP contribution in [0.3, 0.4) is 0 Å². The van der Waals surface area contributed by atoms with Crippen molar-refractivity contribution < 1.29 is 24.0 Å². The Hall–Kier alpha value is -3.01. The Labute approximate surface area is 148 Å². The minimum atomic E-state index is -0.641. The first-order valence-corrected chi connectivity index (χ1v) is 7.36. The van der Waals surface area contributed by atoms with Gasteiger partial charge in [-0.2, -0.15) is 0 Å². The van der Waals surface area contributed by atoms with Gasteiger partial charge < -0.3 is 9.47 Å². The number of hydrogen-bond donors (Lipinski definition) is 0. The number of amides is 2. The predicted octanol–water partition coefficient (Wildman–Crippen LogP) is 1.21. The molecule has 1 aromatic rings. The summed E-state index contributed by atoms with van der Waals surface area (Å²) < 4.78 is 10.2. The Bertz CT molecular complexity index is 794. The van der Waals surface area contributed by atoms with Crippen molar-refractivity contribution >= 4 is 40.9 Å². The molecule has 0 N–H and O–H groups in total. The predicted molar refractivity (Wildman–Crippen MR) is 92.3 cm³/mol. The fraction of sp³-hybridized carbons (Fsp3) is 0.267. The molecule has 0 aromatic heterocycles. The first-order valence-electron chi connectivity index (χ1n) is 6.95. The average Bonchev–Trinajstić information content (AvgIpc) is 2.61. The molecule has 1 heterocycles. The third-order valence-corrected chi connectivity index (χ3v) is 4.22. The zero-order valence-electron chi connectivity index (χ0n) is 13.9. The number of ether oxygens (including phenoxy) is 2. The molecule has 25 heavy (non-hydrogen) atoms. The molecular formula is C15H15N3O6S. The third-order valence-electron chi connectivity index (χ3n) is 3.67. The topological polar surface area (TPSA) is 102 Å². The SMILES string of the molecule is COc1cc(C=C2C(=O)N(C)C(=S)N(C)C2=O)c([N+](=O)[O-])cc1OC. The molecule has 1 aromatic carbocycles. The molecule has 0 saturated carbocycles. The first-order chi connectivity index (χ1) is 11.7. The minimum Gasteiger partial charge on any atom is -0.493 e. The highest BCUT2D eigenvalue weighted by molar-refractivity contribution is 7.80. The van der Waals surface area contributed by atoms with Gasteiger partial charge >= 0.3 is 0 Å². The van der Waals surface area contributed by atoms with Crippen LogP contribution in [0.5, 0.6) is 11.5 Å². The zero-order valence-corrected chi connectivity index (χ0v) is 14.7. The van der Waals surface area contributed by atoms with Gasteiger partial charge in [-0.15, -0.1) is 0 Å². The number of benzene rings is 1. The Morgan fingerprint density at radius 2 is 1.56 bits per heavy atom. The van der Waals surface area contributed by atoms with E-state index in [-0.39, 0.29) is 33.4 Å². The number of thiocarbonyl (C=S) groups is 1. The van der Waals surface area contributed by atoms with Gasteiger partial charge in [0.2, 0.25) is 0 Å². The summed E-state index contributed by atoms with van der Waals surface area (Å²) in [7, 11) is 5.56. The molecule has 132 valence electrons. The summed E-state index contributed by atoms with van der Waals surface area (Å²) >= 11 is 5.00. The quantitative estimate of drug-likeness (QED) is 0.260. The lowest BCUT2D eigenvalue weighted by atomic mass is 10.0. The van der Waals surface area contributed by atoms with Gasteiger partial charge in [-0.25, -0.2) is 0 Å². The van der Waals surface area contributed by atoms with Gasteiger partial charge in [0.1, 0.15) is 5.57 Å². The monoisotopic (exact) mass is 365 g/mol. The van der Waals surface area contributed by atoms with Crippen LogP contribution in [0.2, 0.25) is 0 Å². The van der Waals surface area contributed by atoms with Crippen LogP contribution < -0.4 is 9.47 Å². The third kappa shape index (κ3) is 3.15. The highest BCUT2D eigenvalue weighted by atomic mass is 32.1. The number of nitro benzene ring substituents is 1. The van der Waals surface area contributed by atoms with Crippen LogP contribution in [0.25, 0.3) is 6.08 Å². The molecule has 2 rings (SSSR count). The van der Waals surface area contributed by atoms with Gasteiger partial charge in [0, 0.05) is 14.1 Å². The van der Waals surface area contributed by atoms with Crippen molar-refractivity contribution in [1.29, 1.82) is 0 Å². The van der Waals surface area contributed by atoms with E-state index >= 15 is 0 Å². The summed E-state index contributed by atoms with van der Waals surface area (Å²) in [6.07, 6.45) is 1.15. The normalized spacial score (nSPS) is 14.7. The van der Waals surface area contributed by atoms with E-state index in [0.717, 1.165) is 15.9 Å². The molecule has 0 unspecified atom stereocenters. The van der Waals surface area contributed by atoms with Crippen molar-refractivity contribution in [3.63, 3.8) is 0 Å². The number of likely N-dealkylation sites (N-methyl/N-ethyl adjacent to an activating group) is 2. The van der Waals surface area contributed by atoms with Crippen LogP contribution in [0.4, 0.5) is 5.69 Å². The highest BCUT2D eigenvalue weighted by Gasteiger charge is 2.36. The fourth-order valence-corrected chi connectivity index (χ4v) is 2.45. The standard InChI is InChI=1S/C15H15N3O6S/c1-16-13(19)9(14(20)17(2)15(16)25)5-8-6-11(23-3)12(24-4)7-10(8)18(21)22/h5-7H,1-4H3. The summed E-state index contributed by atoms with van der Waals surface area (Å²) in [5, 5.41) is 11.4. The lowest BCUT2D eigenvalue weighted by Crippen LogP contribution is -2.52. The second kappa shape index (κ2) is 6.85. The van der Waals surface area contributed by atoms with Gasteiger partial charge in [0.15, 0.2) is 16.6 Å². The van der Waals surface area contributed by atoms with Gasteiger partial charge in [0.25, 0.3) is 17.5 Å². The lowest BCUT2D eigenvalue weighted by Gasteiger charge is -2.31. The first kappa shape index (κ1) is 18.3. The van der Waals surface area contributed by atoms with Crippen LogP contribution in [0, 0.1) is 10.1 Å². The summed E-state index contributed by atoms with van der Waals surface area (Å²) in [5.74, 6) is -0.893. The van der Waals surface area contributed by atoms with Crippen molar-refractivity contribution in [1.82, 2.24) is 9.80 Å². The molecule has 10 heteroatoms. The van der Waals surface area contributed by atoms with Crippen molar-refractivity contribution in [2.24, 2.45) is 0 Å². The van der Waals surface area contributed by atoms with E-state index in [1.807, 2.05) is 0 Å². The molecular weight excluding hydrogens is 350 g/mol. The number of hydrogen-bond acceptors (Lipinski definition) is 7. The molecule has 1 aliphatic rings. The van der Waals surface area contributed by atoms with Crippen LogP contribution in [0.1, 0.15) is 5.56 Å². The number of rotatable bonds is 4. The maximum Gasteiger partial charge on any atom is 0.280 e. The van der Waals surface area contributed by atoms with E-state index in [4.69, 9.17) is 21.7 Å². The molecule has 0 bridgehead atoms. The summed E-state index contributed by atoms with van der Waals surface area (Å²) in [6.45, 7) is 0. The number of nitrogens with zero attached hydrogens (tertiary/aromatic N) is 3. The Morgan fingerprint density at radius 3 is 2.00 bits per heavy atom. The highest BCUT2D eigenvalue weighted by Crippen LogP contribution is 2.36. The van der Waals surface area contributed by atoms with Gasteiger partial charge in [-0.05, 0) is 24.4 Å². The average molecular weight is 365 g/mol. The van der Waals surface area contributed by atoms with Crippen molar-refractivity contribution in [3.05, 3.63) is 33.4 Å². The maximum atomic E-state index is 12.4. The Morgan fingerprint density at radius 1 is 1.08 bits per heavy atom. The molecule has 1 fully saturated rings. The molecule has 0 atom stereocenters. The van der Waals surface area contributed by atoms with E-state index in [1.165, 1.54) is 40.4 Å². The number of carbonyl (C=O) groups excluding carboxylic acids is 2. The molecule has 2 amide bonds. The van der Waals surface area contributed by atoms with E-state index in [2.05, 4.69) is 0 Å². The molecule has 1 saturated heterocycles. The minimum absolute atomic E-state index is 0.0361. The molecule has 1 aliphatic heterocycles. The summed E-state index contributed by atoms with van der Waals surface area (Å²) in [4.78, 5) is 37.7. The smallest absolute Gasteiger partial charge is 0.280 e. The van der Waals surface area contributed by atoms with Crippen LogP contribution in [0.15, 0.2) is 17.7 Å². The molecule has 0 spiro atoms. The van der Waals surface area contributed by atoms with E-state index < -0.39 is 16.7 Å². The summed E-state index contributed by atoms with van der Waals surface area (Å²) in [5.41, 5.74) is -0.535. The van der Waals surface area contributed by atoms with Crippen LogP contribution in [-0.4, -0.2) is 60.0 Å². The van der Waals surface area contributed by atoms with E-state index in [1.54, 1.807) is 0 Å². The second-order valence-corrected chi connectivity index (χ2v) is 5.46. The number of carbonyl (C=O) groups is 2. The van der Waals surface area contributed by atoms with Crippen molar-refractivity contribution in [3.8, 4) is 11.5 Å². The summed E-state index contributed by atoms with van der Waals surface area (Å²) in [6, 6.07) is 2.50. The Balaban J connectivity index is 2.66. The lowest BCUT2D eigenvalue weighted by molar-refractivity contribution is -0.385. The van der Waals surface area contributed by atoms with Crippen LogP contribution >= 0.6 is 12.2 Å². The van der Waals surface area contributed by atoms with Gasteiger partial charge in [-0.1, -0.05) is 0 Å². The molecule has 0 aliphatic carbocycles. The zero-order chi connectivity index (χ0) is 18.9. The van der Waals surface area contributed by atoms with Crippen molar-refractivity contribution in [2.75, 3.05) is 28.3 Å².